The highest BCUT2D eigenvalue weighted by atomic mass is 19.2. The third-order valence-corrected chi connectivity index (χ3v) is 5.22. The predicted octanol–water partition coefficient (Wildman–Crippen LogP) is 3.44. The summed E-state index contributed by atoms with van der Waals surface area (Å²) in [6.07, 6.45) is 2.42. The molecule has 2 aromatic rings. The zero-order valence-electron chi connectivity index (χ0n) is 16.8. The van der Waals surface area contributed by atoms with Crippen molar-refractivity contribution in [2.24, 2.45) is 0 Å². The van der Waals surface area contributed by atoms with Crippen LogP contribution in [0.1, 0.15) is 36.5 Å². The van der Waals surface area contributed by atoms with Gasteiger partial charge in [0.05, 0.1) is 24.9 Å². The standard InChI is InChI=1S/C22H24F2N2O4/c1-12(30-15-4-3-5-15)20(22(28)29-2)26-21(27)16-8-6-14(11-19(16)25)13-7-9-17(23)18(24)10-13/h6-12,15,20H,3-5,25H2,1-2H3,(H,26,27)/t12-,20+/m1/s1. The number of anilines is 1. The molecule has 1 amide bonds. The number of rotatable bonds is 7. The summed E-state index contributed by atoms with van der Waals surface area (Å²) in [5.41, 5.74) is 7.24. The van der Waals surface area contributed by atoms with Crippen molar-refractivity contribution in [2.45, 2.75) is 44.4 Å². The topological polar surface area (TPSA) is 90.7 Å². The van der Waals surface area contributed by atoms with Gasteiger partial charge in [0.25, 0.3) is 5.91 Å². The molecule has 2 aromatic carbocycles. The van der Waals surface area contributed by atoms with E-state index in [0.29, 0.717) is 11.1 Å². The van der Waals surface area contributed by atoms with E-state index in [9.17, 15) is 18.4 Å². The normalized spacial score (nSPS) is 15.7. The number of hydrogen-bond acceptors (Lipinski definition) is 5. The number of carbonyl (C=O) groups excluding carboxylic acids is 2. The summed E-state index contributed by atoms with van der Waals surface area (Å²) in [6.45, 7) is 1.70. The lowest BCUT2D eigenvalue weighted by molar-refractivity contribution is -0.149. The Morgan fingerprint density at radius 3 is 2.33 bits per heavy atom. The molecule has 0 heterocycles. The number of methoxy groups -OCH3 is 1. The first kappa shape index (κ1) is 21.7. The Morgan fingerprint density at radius 2 is 1.77 bits per heavy atom. The molecule has 160 valence electrons. The maximum absolute atomic E-state index is 13.5. The summed E-state index contributed by atoms with van der Waals surface area (Å²) >= 11 is 0. The quantitative estimate of drug-likeness (QED) is 0.531. The van der Waals surface area contributed by atoms with Crippen LogP contribution in [0, 0.1) is 11.6 Å². The summed E-state index contributed by atoms with van der Waals surface area (Å²) in [5.74, 6) is -3.11. The zero-order valence-corrected chi connectivity index (χ0v) is 16.8. The number of halogens is 2. The third-order valence-electron chi connectivity index (χ3n) is 5.22. The summed E-state index contributed by atoms with van der Waals surface area (Å²) in [5, 5.41) is 2.63. The van der Waals surface area contributed by atoms with Crippen molar-refractivity contribution in [3.8, 4) is 11.1 Å². The largest absolute Gasteiger partial charge is 0.467 e. The van der Waals surface area contributed by atoms with E-state index in [0.717, 1.165) is 31.4 Å². The van der Waals surface area contributed by atoms with Crippen LogP contribution in [0.2, 0.25) is 0 Å². The molecule has 0 spiro atoms. The highest BCUT2D eigenvalue weighted by molar-refractivity contribution is 6.01. The molecular weight excluding hydrogens is 394 g/mol. The molecule has 2 atom stereocenters. The molecule has 0 bridgehead atoms. The van der Waals surface area contributed by atoms with Gasteiger partial charge >= 0.3 is 5.97 Å². The Hall–Kier alpha value is -3.00. The SMILES string of the molecule is COC(=O)[C@@H](NC(=O)c1ccc(-c2ccc(F)c(F)c2)cc1N)[C@@H](C)OC1CCC1. The molecule has 1 fully saturated rings. The Morgan fingerprint density at radius 1 is 1.10 bits per heavy atom. The summed E-state index contributed by atoms with van der Waals surface area (Å²) in [7, 11) is 1.24. The van der Waals surface area contributed by atoms with Crippen molar-refractivity contribution < 1.29 is 27.8 Å². The van der Waals surface area contributed by atoms with Gasteiger partial charge in [-0.25, -0.2) is 13.6 Å². The second-order valence-corrected chi connectivity index (χ2v) is 7.30. The lowest BCUT2D eigenvalue weighted by Crippen LogP contribution is -2.50. The second-order valence-electron chi connectivity index (χ2n) is 7.30. The Labute approximate surface area is 173 Å². The molecule has 3 N–H and O–H groups in total. The minimum atomic E-state index is -0.992. The van der Waals surface area contributed by atoms with Gasteiger partial charge in [0.15, 0.2) is 17.7 Å². The van der Waals surface area contributed by atoms with Crippen LogP contribution in [0.3, 0.4) is 0 Å². The van der Waals surface area contributed by atoms with E-state index in [1.165, 1.54) is 25.3 Å². The van der Waals surface area contributed by atoms with Gasteiger partial charge in [-0.2, -0.15) is 0 Å². The van der Waals surface area contributed by atoms with Gasteiger partial charge in [-0.3, -0.25) is 4.79 Å². The van der Waals surface area contributed by atoms with E-state index in [-0.39, 0.29) is 17.4 Å². The first-order valence-electron chi connectivity index (χ1n) is 9.69. The van der Waals surface area contributed by atoms with Crippen LogP contribution >= 0.6 is 0 Å². The molecule has 1 aliphatic carbocycles. The van der Waals surface area contributed by atoms with E-state index in [2.05, 4.69) is 5.32 Å². The minimum absolute atomic E-state index is 0.0736. The number of ether oxygens (including phenoxy) is 2. The molecule has 1 aliphatic rings. The molecule has 30 heavy (non-hydrogen) atoms. The fourth-order valence-electron chi connectivity index (χ4n) is 3.23. The van der Waals surface area contributed by atoms with Crippen LogP contribution in [0.15, 0.2) is 36.4 Å². The smallest absolute Gasteiger partial charge is 0.331 e. The van der Waals surface area contributed by atoms with Crippen molar-refractivity contribution in [1.82, 2.24) is 5.32 Å². The molecule has 0 aromatic heterocycles. The van der Waals surface area contributed by atoms with Gasteiger partial charge in [0.2, 0.25) is 0 Å². The predicted molar refractivity (Wildman–Crippen MR) is 108 cm³/mol. The third kappa shape index (κ3) is 4.76. The van der Waals surface area contributed by atoms with Gasteiger partial charge in [-0.15, -0.1) is 0 Å². The summed E-state index contributed by atoms with van der Waals surface area (Å²) in [4.78, 5) is 24.9. The van der Waals surface area contributed by atoms with Gasteiger partial charge < -0.3 is 20.5 Å². The fourth-order valence-corrected chi connectivity index (χ4v) is 3.23. The van der Waals surface area contributed by atoms with Crippen LogP contribution in [0.5, 0.6) is 0 Å². The van der Waals surface area contributed by atoms with Crippen molar-refractivity contribution >= 4 is 17.6 Å². The molecule has 0 aliphatic heterocycles. The number of nitrogen functional groups attached to an aromatic ring is 1. The Bertz CT molecular complexity index is 947. The number of nitrogens with one attached hydrogen (secondary N) is 1. The van der Waals surface area contributed by atoms with Gasteiger partial charge in [-0.05, 0) is 61.6 Å². The molecule has 1 saturated carbocycles. The number of esters is 1. The van der Waals surface area contributed by atoms with Crippen LogP contribution in [-0.4, -0.2) is 37.2 Å². The molecule has 6 nitrogen and oxygen atoms in total. The molecule has 0 saturated heterocycles. The van der Waals surface area contributed by atoms with Gasteiger partial charge in [0.1, 0.15) is 0 Å². The lowest BCUT2D eigenvalue weighted by atomic mass is 9.95. The van der Waals surface area contributed by atoms with E-state index >= 15 is 0 Å². The average Bonchev–Trinajstić information content (AvgIpc) is 2.69. The number of carbonyl (C=O) groups is 2. The summed E-state index contributed by atoms with van der Waals surface area (Å²) < 4.78 is 37.3. The number of amides is 1. The number of benzene rings is 2. The minimum Gasteiger partial charge on any atom is -0.467 e. The van der Waals surface area contributed by atoms with E-state index < -0.39 is 35.7 Å². The highest BCUT2D eigenvalue weighted by Gasteiger charge is 2.32. The van der Waals surface area contributed by atoms with Gasteiger partial charge in [-0.1, -0.05) is 12.1 Å². The van der Waals surface area contributed by atoms with E-state index in [1.54, 1.807) is 13.0 Å². The van der Waals surface area contributed by atoms with Gasteiger partial charge in [0, 0.05) is 5.69 Å². The van der Waals surface area contributed by atoms with E-state index in [1.807, 2.05) is 0 Å². The highest BCUT2D eigenvalue weighted by Crippen LogP contribution is 2.26. The molecule has 8 heteroatoms. The second kappa shape index (κ2) is 9.21. The number of hydrogen-bond donors (Lipinski definition) is 2. The van der Waals surface area contributed by atoms with Crippen molar-refractivity contribution in [2.75, 3.05) is 12.8 Å². The van der Waals surface area contributed by atoms with Crippen LogP contribution in [0.4, 0.5) is 14.5 Å². The monoisotopic (exact) mass is 418 g/mol. The Kier molecular flexibility index (Phi) is 6.66. The van der Waals surface area contributed by atoms with Crippen LogP contribution in [-0.2, 0) is 14.3 Å². The van der Waals surface area contributed by atoms with Crippen molar-refractivity contribution in [3.63, 3.8) is 0 Å². The molecule has 0 unspecified atom stereocenters. The first-order valence-corrected chi connectivity index (χ1v) is 9.69. The zero-order chi connectivity index (χ0) is 21.8. The summed E-state index contributed by atoms with van der Waals surface area (Å²) in [6, 6.07) is 7.02. The maximum atomic E-state index is 13.5. The number of nitrogens with two attached hydrogens (primary N) is 1. The average molecular weight is 418 g/mol. The van der Waals surface area contributed by atoms with Crippen LogP contribution in [0.25, 0.3) is 11.1 Å². The van der Waals surface area contributed by atoms with Crippen LogP contribution < -0.4 is 11.1 Å². The first-order chi connectivity index (χ1) is 14.3. The molecular formula is C22H24F2N2O4. The lowest BCUT2D eigenvalue weighted by Gasteiger charge is -2.32. The van der Waals surface area contributed by atoms with Crippen molar-refractivity contribution in [1.29, 1.82) is 0 Å². The fraction of sp³-hybridized carbons (Fsp3) is 0.364. The van der Waals surface area contributed by atoms with Crippen molar-refractivity contribution in [3.05, 3.63) is 53.6 Å². The molecule has 0 radical (unpaired) electrons. The Balaban J connectivity index is 1.77. The molecule has 3 rings (SSSR count). The van der Waals surface area contributed by atoms with E-state index in [4.69, 9.17) is 15.2 Å². The maximum Gasteiger partial charge on any atom is 0.331 e.